The number of esters is 1. The average molecular weight is 491 g/mol. The van der Waals surface area contributed by atoms with Gasteiger partial charge >= 0.3 is 5.97 Å². The number of ether oxygens (including phenoxy) is 2. The van der Waals surface area contributed by atoms with Crippen LogP contribution in [0.25, 0.3) is 16.8 Å². The van der Waals surface area contributed by atoms with E-state index in [0.29, 0.717) is 26.4 Å². The fourth-order valence-corrected chi connectivity index (χ4v) is 6.07. The van der Waals surface area contributed by atoms with Gasteiger partial charge in [0, 0.05) is 10.4 Å². The lowest BCUT2D eigenvalue weighted by Gasteiger charge is -2.27. The van der Waals surface area contributed by atoms with Crippen LogP contribution < -0.4 is 19.6 Å². The lowest BCUT2D eigenvalue weighted by Crippen LogP contribution is -2.40. The number of nitrogens with zero attached hydrogens (tertiary/aromatic N) is 2. The molecule has 34 heavy (non-hydrogen) atoms. The number of rotatable bonds is 5. The molecule has 2 aromatic carbocycles. The van der Waals surface area contributed by atoms with Crippen molar-refractivity contribution in [1.29, 1.82) is 0 Å². The van der Waals surface area contributed by atoms with E-state index in [0.717, 1.165) is 21.2 Å². The van der Waals surface area contributed by atoms with Crippen molar-refractivity contribution < 1.29 is 14.3 Å². The Hall–Kier alpha value is -3.49. The van der Waals surface area contributed by atoms with Gasteiger partial charge in [0.05, 0.1) is 29.5 Å². The van der Waals surface area contributed by atoms with Crippen molar-refractivity contribution in [3.8, 4) is 5.75 Å². The second-order valence-corrected chi connectivity index (χ2v) is 9.71. The van der Waals surface area contributed by atoms with Gasteiger partial charge in [-0.3, -0.25) is 9.36 Å². The van der Waals surface area contributed by atoms with E-state index in [9.17, 15) is 9.59 Å². The fourth-order valence-electron chi connectivity index (χ4n) is 4.30. The molecule has 0 aliphatic carbocycles. The first-order valence-electron chi connectivity index (χ1n) is 10.8. The summed E-state index contributed by atoms with van der Waals surface area (Å²) in [5, 5.41) is 3.85. The van der Waals surface area contributed by atoms with Crippen LogP contribution in [0, 0.1) is 0 Å². The minimum atomic E-state index is -0.734. The number of thiophene rings is 1. The van der Waals surface area contributed by atoms with E-state index in [1.165, 1.54) is 11.3 Å². The number of carbonyl (C=O) groups is 1. The Balaban J connectivity index is 1.87. The number of methoxy groups -OCH3 is 1. The van der Waals surface area contributed by atoms with Crippen molar-refractivity contribution >= 4 is 45.5 Å². The molecule has 0 saturated heterocycles. The summed E-state index contributed by atoms with van der Waals surface area (Å²) in [5.74, 6) is 0.101. The molecule has 1 atom stereocenters. The zero-order valence-electron chi connectivity index (χ0n) is 18.9. The molecule has 1 aliphatic rings. The van der Waals surface area contributed by atoms with Gasteiger partial charge in [0.25, 0.3) is 5.56 Å². The van der Waals surface area contributed by atoms with Crippen LogP contribution in [-0.2, 0) is 9.53 Å². The summed E-state index contributed by atoms with van der Waals surface area (Å²) in [6, 6.07) is 14.9. The van der Waals surface area contributed by atoms with E-state index in [-0.39, 0.29) is 12.2 Å². The zero-order chi connectivity index (χ0) is 23.8. The Labute approximate surface area is 203 Å². The summed E-state index contributed by atoms with van der Waals surface area (Å²) in [6.07, 6.45) is 1.87. The predicted octanol–water partition coefficient (Wildman–Crippen LogP) is 4.02. The summed E-state index contributed by atoms with van der Waals surface area (Å²) in [5.41, 5.74) is 1.40. The number of carbonyl (C=O) groups excluding carboxylic acids is 1. The number of thiazole rings is 1. The third-order valence-electron chi connectivity index (χ3n) is 5.76. The number of aromatic nitrogens is 1. The van der Waals surface area contributed by atoms with E-state index in [2.05, 4.69) is 4.99 Å². The highest BCUT2D eigenvalue weighted by molar-refractivity contribution is 7.11. The molecular weight excluding hydrogens is 468 g/mol. The van der Waals surface area contributed by atoms with E-state index in [4.69, 9.17) is 9.47 Å². The van der Waals surface area contributed by atoms with Gasteiger partial charge in [-0.1, -0.05) is 47.7 Å². The first kappa shape index (κ1) is 22.3. The van der Waals surface area contributed by atoms with Crippen LogP contribution in [0.1, 0.15) is 30.3 Å². The van der Waals surface area contributed by atoms with E-state index in [1.807, 2.05) is 60.0 Å². The van der Waals surface area contributed by atoms with Crippen molar-refractivity contribution in [3.63, 3.8) is 0 Å². The number of hydrogen-bond acceptors (Lipinski definition) is 7. The maximum absolute atomic E-state index is 13.8. The van der Waals surface area contributed by atoms with Gasteiger partial charge in [0.15, 0.2) is 4.80 Å². The van der Waals surface area contributed by atoms with Crippen LogP contribution in [0.5, 0.6) is 5.75 Å². The van der Waals surface area contributed by atoms with Gasteiger partial charge in [-0.2, -0.15) is 0 Å². The summed E-state index contributed by atoms with van der Waals surface area (Å²) >= 11 is 2.87. The van der Waals surface area contributed by atoms with Crippen LogP contribution in [0.4, 0.5) is 0 Å². The molecular formula is C26H22N2O4S2. The Morgan fingerprint density at radius 1 is 1.18 bits per heavy atom. The first-order chi connectivity index (χ1) is 16.5. The topological polar surface area (TPSA) is 69.9 Å². The molecule has 0 N–H and O–H groups in total. The second-order valence-electron chi connectivity index (χ2n) is 7.72. The molecule has 0 spiro atoms. The maximum Gasteiger partial charge on any atom is 0.338 e. The van der Waals surface area contributed by atoms with Crippen LogP contribution in [-0.4, -0.2) is 24.3 Å². The van der Waals surface area contributed by atoms with E-state index >= 15 is 0 Å². The van der Waals surface area contributed by atoms with Gasteiger partial charge in [0.1, 0.15) is 11.8 Å². The van der Waals surface area contributed by atoms with Gasteiger partial charge < -0.3 is 9.47 Å². The van der Waals surface area contributed by atoms with Crippen molar-refractivity contribution in [2.45, 2.75) is 19.9 Å². The van der Waals surface area contributed by atoms with Gasteiger partial charge in [-0.25, -0.2) is 9.79 Å². The lowest BCUT2D eigenvalue weighted by molar-refractivity contribution is -0.139. The molecule has 1 unspecified atom stereocenters. The molecule has 0 radical (unpaired) electrons. The Morgan fingerprint density at radius 3 is 2.74 bits per heavy atom. The highest BCUT2D eigenvalue weighted by Crippen LogP contribution is 2.40. The quantitative estimate of drug-likeness (QED) is 0.396. The maximum atomic E-state index is 13.8. The predicted molar refractivity (Wildman–Crippen MR) is 135 cm³/mol. The lowest BCUT2D eigenvalue weighted by atomic mass is 9.90. The SMILES string of the molecule is CCOC(=O)C1=C(C)N=c2s/c(=C\c3cccs3)c(=O)n2C1c1c(OC)ccc2ccccc12. The van der Waals surface area contributed by atoms with Crippen LogP contribution in [0.3, 0.4) is 0 Å². The monoisotopic (exact) mass is 490 g/mol. The van der Waals surface area contributed by atoms with Gasteiger partial charge in [-0.05, 0) is 48.2 Å². The summed E-state index contributed by atoms with van der Waals surface area (Å²) in [4.78, 5) is 33.1. The van der Waals surface area contributed by atoms with Gasteiger partial charge in [0.2, 0.25) is 0 Å². The molecule has 0 saturated carbocycles. The minimum absolute atomic E-state index is 0.202. The van der Waals surface area contributed by atoms with Crippen molar-refractivity contribution in [3.05, 3.63) is 95.3 Å². The normalized spacial score (nSPS) is 15.9. The number of benzene rings is 2. The molecule has 4 aromatic rings. The molecule has 0 bridgehead atoms. The molecule has 2 aromatic heterocycles. The molecule has 5 rings (SSSR count). The van der Waals surface area contributed by atoms with E-state index in [1.54, 1.807) is 36.9 Å². The second kappa shape index (κ2) is 9.04. The molecule has 6 nitrogen and oxygen atoms in total. The van der Waals surface area contributed by atoms with Crippen molar-refractivity contribution in [2.75, 3.05) is 13.7 Å². The summed E-state index contributed by atoms with van der Waals surface area (Å²) in [6.45, 7) is 3.77. The van der Waals surface area contributed by atoms with Crippen molar-refractivity contribution in [2.24, 2.45) is 4.99 Å². The van der Waals surface area contributed by atoms with Crippen LogP contribution in [0.15, 0.2) is 75.0 Å². The number of fused-ring (bicyclic) bond motifs is 2. The fraction of sp³-hybridized carbons (Fsp3) is 0.192. The summed E-state index contributed by atoms with van der Waals surface area (Å²) < 4.78 is 13.3. The molecule has 0 amide bonds. The standard InChI is InChI=1S/C26H22N2O4S2/c1-4-32-25(30)21-15(2)27-26-28(24(29)20(34-26)14-17-9-7-13-33-17)23(21)22-18-10-6-5-8-16(18)11-12-19(22)31-3/h5-14,23H,4H2,1-3H3/b20-14-. The molecule has 3 heterocycles. The zero-order valence-corrected chi connectivity index (χ0v) is 20.5. The minimum Gasteiger partial charge on any atom is -0.496 e. The smallest absolute Gasteiger partial charge is 0.338 e. The Morgan fingerprint density at radius 2 is 2.00 bits per heavy atom. The Kier molecular flexibility index (Phi) is 5.93. The van der Waals surface area contributed by atoms with Crippen LogP contribution >= 0.6 is 22.7 Å². The van der Waals surface area contributed by atoms with Crippen LogP contribution in [0.2, 0.25) is 0 Å². The Bertz CT molecular complexity index is 1610. The summed E-state index contributed by atoms with van der Waals surface area (Å²) in [7, 11) is 1.59. The third-order valence-corrected chi connectivity index (χ3v) is 7.56. The van der Waals surface area contributed by atoms with E-state index < -0.39 is 12.0 Å². The first-order valence-corrected chi connectivity index (χ1v) is 12.5. The largest absolute Gasteiger partial charge is 0.496 e. The van der Waals surface area contributed by atoms with Gasteiger partial charge in [-0.15, -0.1) is 11.3 Å². The molecule has 0 fully saturated rings. The highest BCUT2D eigenvalue weighted by atomic mass is 32.1. The molecule has 172 valence electrons. The number of hydrogen-bond donors (Lipinski definition) is 0. The average Bonchev–Trinajstić information content (AvgIpc) is 3.45. The number of allylic oxidation sites excluding steroid dienone is 1. The third kappa shape index (κ3) is 3.69. The highest BCUT2D eigenvalue weighted by Gasteiger charge is 2.36. The molecule has 8 heteroatoms. The molecule has 1 aliphatic heterocycles. The van der Waals surface area contributed by atoms with Crippen molar-refractivity contribution in [1.82, 2.24) is 4.57 Å².